The second kappa shape index (κ2) is 8.43. The molecule has 0 spiro atoms. The summed E-state index contributed by atoms with van der Waals surface area (Å²) in [5.74, 6) is 2.82. The molecule has 164 valence electrons. The molecule has 7 heteroatoms. The van der Waals surface area contributed by atoms with Crippen LogP contribution < -0.4 is 19.5 Å². The minimum absolute atomic E-state index is 0.0950. The van der Waals surface area contributed by atoms with Crippen molar-refractivity contribution in [3.05, 3.63) is 65.4 Å². The molecule has 3 heterocycles. The number of likely N-dealkylation sites (N-methyl/N-ethyl adjacent to an activating group) is 1. The summed E-state index contributed by atoms with van der Waals surface area (Å²) in [6.45, 7) is 1.68. The number of carbonyl (C=O) groups is 1. The predicted octanol–water partition coefficient (Wildman–Crippen LogP) is 4.32. The summed E-state index contributed by atoms with van der Waals surface area (Å²) in [5.41, 5.74) is 3.68. The van der Waals surface area contributed by atoms with Crippen LogP contribution in [0.3, 0.4) is 0 Å². The topological polar surface area (TPSA) is 73.2 Å². The Kier molecular flexibility index (Phi) is 5.33. The maximum atomic E-state index is 12.8. The average molecular weight is 432 g/mol. The molecule has 0 radical (unpaired) electrons. The number of furan rings is 1. The first kappa shape index (κ1) is 20.2. The Morgan fingerprint density at radius 1 is 1.09 bits per heavy atom. The van der Waals surface area contributed by atoms with E-state index in [2.05, 4.69) is 17.3 Å². The van der Waals surface area contributed by atoms with Gasteiger partial charge in [0.05, 0.1) is 12.8 Å². The summed E-state index contributed by atoms with van der Waals surface area (Å²) >= 11 is 0. The van der Waals surface area contributed by atoms with Crippen LogP contribution in [0.15, 0.2) is 53.0 Å². The maximum Gasteiger partial charge on any atom is 0.248 e. The fourth-order valence-electron chi connectivity index (χ4n) is 4.16. The highest BCUT2D eigenvalue weighted by Crippen LogP contribution is 2.52. The Labute approximate surface area is 186 Å². The summed E-state index contributed by atoms with van der Waals surface area (Å²) in [4.78, 5) is 15.0. The second-order valence-corrected chi connectivity index (χ2v) is 7.81. The fraction of sp³-hybridized carbons (Fsp3) is 0.240. The minimum Gasteiger partial charge on any atom is -0.492 e. The van der Waals surface area contributed by atoms with Gasteiger partial charge in [-0.05, 0) is 37.2 Å². The summed E-state index contributed by atoms with van der Waals surface area (Å²) in [5, 5.41) is 3.00. The van der Waals surface area contributed by atoms with Crippen LogP contribution >= 0.6 is 0 Å². The van der Waals surface area contributed by atoms with E-state index in [1.54, 1.807) is 13.2 Å². The van der Waals surface area contributed by atoms with E-state index < -0.39 is 0 Å². The molecule has 5 rings (SSSR count). The summed E-state index contributed by atoms with van der Waals surface area (Å²) < 4.78 is 22.9. The lowest BCUT2D eigenvalue weighted by atomic mass is 9.95. The van der Waals surface area contributed by atoms with Crippen LogP contribution in [0.5, 0.6) is 17.2 Å². The van der Waals surface area contributed by atoms with Crippen LogP contribution in [0.25, 0.3) is 17.4 Å². The Bertz CT molecular complexity index is 1180. The van der Waals surface area contributed by atoms with E-state index in [0.29, 0.717) is 35.2 Å². The summed E-state index contributed by atoms with van der Waals surface area (Å²) in [7, 11) is 3.68. The first-order valence-electron chi connectivity index (χ1n) is 10.5. The number of rotatable bonds is 5. The van der Waals surface area contributed by atoms with Gasteiger partial charge < -0.3 is 28.8 Å². The number of amides is 1. The van der Waals surface area contributed by atoms with Crippen molar-refractivity contribution in [1.82, 2.24) is 4.90 Å². The van der Waals surface area contributed by atoms with E-state index in [1.807, 2.05) is 42.5 Å². The van der Waals surface area contributed by atoms with Gasteiger partial charge in [0.15, 0.2) is 11.5 Å². The number of methoxy groups -OCH3 is 1. The van der Waals surface area contributed by atoms with Crippen LogP contribution in [0.1, 0.15) is 16.9 Å². The number of anilines is 1. The van der Waals surface area contributed by atoms with Crippen molar-refractivity contribution in [3.8, 4) is 28.6 Å². The van der Waals surface area contributed by atoms with Gasteiger partial charge >= 0.3 is 0 Å². The fourth-order valence-corrected chi connectivity index (χ4v) is 4.16. The van der Waals surface area contributed by atoms with Crippen LogP contribution in [-0.2, 0) is 17.8 Å². The molecule has 2 aliphatic heterocycles. The normalized spacial score (nSPS) is 15.1. The molecule has 2 aliphatic rings. The molecule has 2 aromatic carbocycles. The highest BCUT2D eigenvalue weighted by molar-refractivity contribution is 6.04. The van der Waals surface area contributed by atoms with Crippen molar-refractivity contribution in [1.29, 1.82) is 0 Å². The highest BCUT2D eigenvalue weighted by Gasteiger charge is 2.33. The van der Waals surface area contributed by atoms with Crippen molar-refractivity contribution in [3.63, 3.8) is 0 Å². The van der Waals surface area contributed by atoms with Crippen LogP contribution in [0.4, 0.5) is 5.69 Å². The SMILES string of the molecule is COc1c2c(c(NC(=O)/C=C/c3ccc(-c4ccccc4)o3)c3c1OCO3)CCN(C)C2. The second-order valence-electron chi connectivity index (χ2n) is 7.81. The minimum atomic E-state index is -0.272. The van der Waals surface area contributed by atoms with Gasteiger partial charge in [-0.15, -0.1) is 0 Å². The average Bonchev–Trinajstić information content (AvgIpc) is 3.48. The Balaban J connectivity index is 1.40. The number of nitrogens with zero attached hydrogens (tertiary/aromatic N) is 1. The number of benzene rings is 2. The van der Waals surface area contributed by atoms with E-state index in [-0.39, 0.29) is 12.7 Å². The predicted molar refractivity (Wildman–Crippen MR) is 121 cm³/mol. The quantitative estimate of drug-likeness (QED) is 0.606. The van der Waals surface area contributed by atoms with Gasteiger partial charge in [0.1, 0.15) is 11.5 Å². The number of carbonyl (C=O) groups excluding carboxylic acids is 1. The Morgan fingerprint density at radius 2 is 1.91 bits per heavy atom. The monoisotopic (exact) mass is 432 g/mol. The van der Waals surface area contributed by atoms with Crippen molar-refractivity contribution in [2.24, 2.45) is 0 Å². The number of nitrogens with one attached hydrogen (secondary N) is 1. The van der Waals surface area contributed by atoms with Gasteiger partial charge in [-0.25, -0.2) is 0 Å². The van der Waals surface area contributed by atoms with E-state index >= 15 is 0 Å². The van der Waals surface area contributed by atoms with Crippen molar-refractivity contribution in [2.45, 2.75) is 13.0 Å². The molecule has 0 aliphatic carbocycles. The Morgan fingerprint density at radius 3 is 2.72 bits per heavy atom. The van der Waals surface area contributed by atoms with E-state index in [1.165, 1.54) is 6.08 Å². The first-order valence-corrected chi connectivity index (χ1v) is 10.5. The number of hydrogen-bond acceptors (Lipinski definition) is 6. The summed E-state index contributed by atoms with van der Waals surface area (Å²) in [6, 6.07) is 13.6. The van der Waals surface area contributed by atoms with Crippen molar-refractivity contribution in [2.75, 3.05) is 32.8 Å². The van der Waals surface area contributed by atoms with Crippen LogP contribution in [-0.4, -0.2) is 38.3 Å². The molecule has 0 unspecified atom stereocenters. The van der Waals surface area contributed by atoms with E-state index in [4.69, 9.17) is 18.6 Å². The van der Waals surface area contributed by atoms with E-state index in [0.717, 1.165) is 35.4 Å². The van der Waals surface area contributed by atoms with Gasteiger partial charge in [-0.2, -0.15) is 0 Å². The highest BCUT2D eigenvalue weighted by atomic mass is 16.7. The van der Waals surface area contributed by atoms with Gasteiger partial charge in [0.2, 0.25) is 18.4 Å². The molecule has 1 N–H and O–H groups in total. The number of ether oxygens (including phenoxy) is 3. The smallest absolute Gasteiger partial charge is 0.248 e. The zero-order valence-corrected chi connectivity index (χ0v) is 18.0. The standard InChI is InChI=1S/C25H24N2O5/c1-27-13-12-18-19(14-27)23(29-2)25-24(30-15-31-25)22(18)26-21(28)11-9-17-8-10-20(32-17)16-6-4-3-5-7-16/h3-11H,12-15H2,1-2H3,(H,26,28)/b11-9+. The first-order chi connectivity index (χ1) is 15.6. The molecule has 0 bridgehead atoms. The van der Waals surface area contributed by atoms with Crippen molar-refractivity contribution >= 4 is 17.7 Å². The van der Waals surface area contributed by atoms with Gasteiger partial charge in [0.25, 0.3) is 0 Å². The molecule has 1 aromatic heterocycles. The maximum absolute atomic E-state index is 12.8. The number of fused-ring (bicyclic) bond motifs is 2. The molecule has 0 atom stereocenters. The lowest BCUT2D eigenvalue weighted by Crippen LogP contribution is -2.28. The molecule has 7 nitrogen and oxygen atoms in total. The third kappa shape index (κ3) is 3.71. The molecule has 1 amide bonds. The van der Waals surface area contributed by atoms with Crippen LogP contribution in [0.2, 0.25) is 0 Å². The molecule has 0 saturated heterocycles. The third-order valence-electron chi connectivity index (χ3n) is 5.69. The zero-order chi connectivity index (χ0) is 22.1. The largest absolute Gasteiger partial charge is 0.492 e. The van der Waals surface area contributed by atoms with E-state index in [9.17, 15) is 4.79 Å². The van der Waals surface area contributed by atoms with Gasteiger partial charge in [-0.3, -0.25) is 4.79 Å². The van der Waals surface area contributed by atoms with Crippen LogP contribution in [0, 0.1) is 0 Å². The zero-order valence-electron chi connectivity index (χ0n) is 18.0. The van der Waals surface area contributed by atoms with Gasteiger partial charge in [-0.1, -0.05) is 30.3 Å². The van der Waals surface area contributed by atoms with Crippen molar-refractivity contribution < 1.29 is 23.4 Å². The number of hydrogen-bond donors (Lipinski definition) is 1. The van der Waals surface area contributed by atoms with Gasteiger partial charge in [0, 0.05) is 30.3 Å². The molecular weight excluding hydrogens is 408 g/mol. The molecule has 0 saturated carbocycles. The lowest BCUT2D eigenvalue weighted by Gasteiger charge is -2.29. The summed E-state index contributed by atoms with van der Waals surface area (Å²) in [6.07, 6.45) is 3.89. The molecule has 3 aromatic rings. The molecular formula is C25H24N2O5. The molecule has 32 heavy (non-hydrogen) atoms. The third-order valence-corrected chi connectivity index (χ3v) is 5.69. The molecule has 0 fully saturated rings. The lowest BCUT2D eigenvalue weighted by molar-refractivity contribution is -0.111. The Hall–Kier alpha value is -3.71.